The normalized spacial score (nSPS) is 22.8. The summed E-state index contributed by atoms with van der Waals surface area (Å²) in [7, 11) is 7.37. The molecule has 0 bridgehead atoms. The molecule has 2 unspecified atom stereocenters. The Bertz CT molecular complexity index is 1280. The highest BCUT2D eigenvalue weighted by Gasteiger charge is 2.45. The molecule has 2 aromatic rings. The second-order valence-electron chi connectivity index (χ2n) is 9.67. The van der Waals surface area contributed by atoms with Crippen molar-refractivity contribution in [2.45, 2.75) is 51.9 Å². The van der Waals surface area contributed by atoms with E-state index in [0.717, 1.165) is 11.1 Å². The number of piperidine rings is 2. The van der Waals surface area contributed by atoms with Crippen molar-refractivity contribution in [3.8, 4) is 0 Å². The second-order valence-corrected chi connectivity index (χ2v) is 9.67. The zero-order valence-electron chi connectivity index (χ0n) is 30.9. The second kappa shape index (κ2) is 17.7. The van der Waals surface area contributed by atoms with Gasteiger partial charge < -0.3 is 33.5 Å². The third-order valence-corrected chi connectivity index (χ3v) is 6.84. The monoisotopic (exact) mass is 592 g/mol. The minimum Gasteiger partial charge on any atom is -0.351 e. The van der Waals surface area contributed by atoms with Crippen LogP contribution in [0.15, 0.2) is 60.7 Å². The number of benzene rings is 2. The van der Waals surface area contributed by atoms with Crippen LogP contribution in [0.2, 0.25) is 0 Å². The Labute approximate surface area is 258 Å². The van der Waals surface area contributed by atoms with Crippen molar-refractivity contribution in [1.29, 1.82) is 0 Å². The van der Waals surface area contributed by atoms with E-state index in [1.54, 1.807) is 4.90 Å². The summed E-state index contributed by atoms with van der Waals surface area (Å²) in [6.45, 7) is -4.49. The van der Waals surface area contributed by atoms with Gasteiger partial charge in [-0.3, -0.25) is 14.4 Å². The van der Waals surface area contributed by atoms with E-state index in [4.69, 9.17) is 17.7 Å². The summed E-state index contributed by atoms with van der Waals surface area (Å²) in [6.07, 6.45) is -0.340. The molecule has 2 saturated heterocycles. The van der Waals surface area contributed by atoms with Gasteiger partial charge in [-0.2, -0.15) is 0 Å². The lowest BCUT2D eigenvalue weighted by Crippen LogP contribution is -2.57. The summed E-state index contributed by atoms with van der Waals surface area (Å²) in [5, 5.41) is 0. The lowest BCUT2D eigenvalue weighted by atomic mass is 9.91. The van der Waals surface area contributed by atoms with Crippen molar-refractivity contribution in [3.05, 3.63) is 71.8 Å². The van der Waals surface area contributed by atoms with Crippen LogP contribution in [0.4, 0.5) is 0 Å². The van der Waals surface area contributed by atoms with Gasteiger partial charge in [0.2, 0.25) is 11.8 Å². The van der Waals surface area contributed by atoms with Crippen molar-refractivity contribution in [2.75, 3.05) is 48.6 Å². The van der Waals surface area contributed by atoms with Crippen LogP contribution in [0.3, 0.4) is 0 Å². The maximum absolute atomic E-state index is 12.3. The molecule has 0 N–H and O–H groups in total. The van der Waals surface area contributed by atoms with Gasteiger partial charge in [0, 0.05) is 81.5 Å². The molecule has 232 valence electrons. The van der Waals surface area contributed by atoms with Crippen LogP contribution in [0, 0.1) is 11.8 Å². The SMILES string of the molecule is COC(OC)OC.[2H]C([2H])([2H])C1CC(=O)N(Cc2ccccc2)CC1(OC)OC.[2H]C([2H])([2H])C1CC(=O)N(Cc2ccccc2)CC1=O. The summed E-state index contributed by atoms with van der Waals surface area (Å²) >= 11 is 0. The number of ketones is 1. The molecule has 0 aliphatic carbocycles. The van der Waals surface area contributed by atoms with E-state index in [0.29, 0.717) is 13.1 Å². The van der Waals surface area contributed by atoms with Crippen molar-refractivity contribution in [2.24, 2.45) is 11.8 Å². The van der Waals surface area contributed by atoms with Crippen LogP contribution < -0.4 is 0 Å². The molecule has 2 atom stereocenters. The molecule has 10 nitrogen and oxygen atoms in total. The van der Waals surface area contributed by atoms with E-state index in [9.17, 15) is 14.4 Å². The van der Waals surface area contributed by atoms with Crippen LogP contribution in [0.25, 0.3) is 0 Å². The van der Waals surface area contributed by atoms with Crippen LogP contribution in [0.5, 0.6) is 0 Å². The smallest absolute Gasteiger partial charge is 0.270 e. The molecule has 4 rings (SSSR count). The molecule has 2 fully saturated rings. The molecule has 2 amide bonds. The number of likely N-dealkylation sites (tertiary alicyclic amines) is 2. The van der Waals surface area contributed by atoms with Crippen molar-refractivity contribution >= 4 is 17.6 Å². The maximum Gasteiger partial charge on any atom is 0.270 e. The minimum absolute atomic E-state index is 0.0940. The highest BCUT2D eigenvalue weighted by atomic mass is 16.8. The number of carbonyl (C=O) groups excluding carboxylic acids is 3. The number of rotatable bonds is 9. The maximum atomic E-state index is 12.3. The Morgan fingerprint density at radius 1 is 0.762 bits per heavy atom. The molecule has 2 heterocycles. The minimum atomic E-state index is -2.38. The Balaban J connectivity index is 0.000000281. The first-order valence-electron chi connectivity index (χ1n) is 16.4. The van der Waals surface area contributed by atoms with E-state index in [-0.39, 0.29) is 43.5 Å². The van der Waals surface area contributed by atoms with E-state index in [2.05, 4.69) is 14.2 Å². The van der Waals surface area contributed by atoms with E-state index >= 15 is 0 Å². The highest BCUT2D eigenvalue weighted by molar-refractivity contribution is 5.94. The molecule has 10 heteroatoms. The quantitative estimate of drug-likeness (QED) is 0.404. The summed E-state index contributed by atoms with van der Waals surface area (Å²) in [5.41, 5.74) is 1.90. The largest absolute Gasteiger partial charge is 0.351 e. The molecule has 2 aliphatic rings. The Morgan fingerprint density at radius 3 is 1.69 bits per heavy atom. The van der Waals surface area contributed by atoms with E-state index < -0.39 is 37.8 Å². The van der Waals surface area contributed by atoms with Gasteiger partial charge in [-0.25, -0.2) is 0 Å². The lowest BCUT2D eigenvalue weighted by molar-refractivity contribution is -0.256. The van der Waals surface area contributed by atoms with Crippen molar-refractivity contribution in [3.63, 3.8) is 0 Å². The standard InChI is InChI=1S/C15H21NO3.C13H15NO2.C4H10O3/c1-12-9-14(17)16(11-15(12,18-2)19-3)10-13-7-5-4-6-8-13;1-10-7-13(16)14(9-12(10)15)8-11-5-3-2-4-6-11;1-5-4(6-2)7-3/h4-8,12H,9-11H2,1-3H3;2-6,10H,7-9H2,1H3;4H,1-3H3/i2*1D3;. The Kier molecular flexibility index (Phi) is 11.2. The Morgan fingerprint density at radius 2 is 1.26 bits per heavy atom. The summed E-state index contributed by atoms with van der Waals surface area (Å²) < 4.78 is 69.5. The zero-order valence-corrected chi connectivity index (χ0v) is 24.9. The topological polar surface area (TPSA) is 104 Å². The first-order valence-corrected chi connectivity index (χ1v) is 13.4. The Hall–Kier alpha value is -3.15. The number of methoxy groups -OCH3 is 5. The number of amides is 2. The molecule has 0 aromatic heterocycles. The van der Waals surface area contributed by atoms with Crippen molar-refractivity contribution < 1.29 is 46.3 Å². The fourth-order valence-corrected chi connectivity index (χ4v) is 4.41. The molecule has 0 radical (unpaired) electrons. The summed E-state index contributed by atoms with van der Waals surface area (Å²) in [6, 6.07) is 18.9. The van der Waals surface area contributed by atoms with Gasteiger partial charge in [0.05, 0.1) is 13.1 Å². The van der Waals surface area contributed by atoms with Crippen LogP contribution in [-0.4, -0.2) is 88.3 Å². The van der Waals surface area contributed by atoms with Gasteiger partial charge in [0.1, 0.15) is 0 Å². The highest BCUT2D eigenvalue weighted by Crippen LogP contribution is 2.32. The summed E-state index contributed by atoms with van der Waals surface area (Å²) in [5.74, 6) is -4.29. The predicted molar refractivity (Wildman–Crippen MR) is 158 cm³/mol. The van der Waals surface area contributed by atoms with Gasteiger partial charge in [-0.15, -0.1) is 0 Å². The van der Waals surface area contributed by atoms with Crippen molar-refractivity contribution in [1.82, 2.24) is 9.80 Å². The van der Waals surface area contributed by atoms with Gasteiger partial charge in [-0.05, 0) is 11.1 Å². The zero-order chi connectivity index (χ0) is 36.1. The average molecular weight is 593 g/mol. The molecular weight excluding hydrogens is 540 g/mol. The predicted octanol–water partition coefficient (Wildman–Crippen LogP) is 3.88. The van der Waals surface area contributed by atoms with Gasteiger partial charge in [-0.1, -0.05) is 74.4 Å². The number of carbonyl (C=O) groups is 3. The van der Waals surface area contributed by atoms with Gasteiger partial charge in [0.15, 0.2) is 11.6 Å². The number of nitrogens with zero attached hydrogens (tertiary/aromatic N) is 2. The fourth-order valence-electron chi connectivity index (χ4n) is 4.41. The first kappa shape index (κ1) is 26.5. The van der Waals surface area contributed by atoms with E-state index in [1.165, 1.54) is 40.4 Å². The molecular formula is C32H46N2O8. The van der Waals surface area contributed by atoms with Crippen LogP contribution >= 0.6 is 0 Å². The number of ether oxygens (including phenoxy) is 5. The van der Waals surface area contributed by atoms with Gasteiger partial charge >= 0.3 is 0 Å². The molecule has 0 saturated carbocycles. The van der Waals surface area contributed by atoms with Gasteiger partial charge in [0.25, 0.3) is 6.48 Å². The number of hydrogen-bond donors (Lipinski definition) is 0. The molecule has 2 aromatic carbocycles. The average Bonchev–Trinajstić information content (AvgIpc) is 3.05. The molecule has 2 aliphatic heterocycles. The fraction of sp³-hybridized carbons (Fsp3) is 0.531. The molecule has 42 heavy (non-hydrogen) atoms. The van der Waals surface area contributed by atoms with E-state index in [1.807, 2.05) is 60.7 Å². The number of hydrogen-bond acceptors (Lipinski definition) is 8. The van der Waals surface area contributed by atoms with Crippen LogP contribution in [0.1, 0.15) is 45.9 Å². The number of Topliss-reactive ketones (excluding diaryl/α,β-unsaturated/α-hetero) is 1. The summed E-state index contributed by atoms with van der Waals surface area (Å²) in [4.78, 5) is 39.1. The first-order chi connectivity index (χ1) is 22.5. The third-order valence-electron chi connectivity index (χ3n) is 6.84. The lowest BCUT2D eigenvalue weighted by Gasteiger charge is -2.44. The third kappa shape index (κ3) is 10.3. The van der Waals surface area contributed by atoms with Crippen LogP contribution in [-0.2, 0) is 51.2 Å². The molecule has 0 spiro atoms.